The summed E-state index contributed by atoms with van der Waals surface area (Å²) in [5.74, 6) is 0.997. The molecular weight excluding hydrogens is 381 g/mol. The quantitative estimate of drug-likeness (QED) is 0.778. The molecule has 0 aliphatic rings. The molecule has 110 valence electrons. The van der Waals surface area contributed by atoms with Crippen LogP contribution in [0.2, 0.25) is 0 Å². The zero-order valence-corrected chi connectivity index (χ0v) is 14.0. The van der Waals surface area contributed by atoms with Crippen LogP contribution in [-0.4, -0.2) is 19.6 Å². The monoisotopic (exact) mass is 397 g/mol. The standard InChI is InChI=1S/C16H16INO3/c1-3-21-14-8-7-11(9-15(14)20-2)16(19)18-13-6-4-5-12(17)10-13/h4-10H,3H2,1-2H3,(H,18,19). The fourth-order valence-electron chi connectivity index (χ4n) is 1.85. The Bertz CT molecular complexity index is 643. The average Bonchev–Trinajstić information content (AvgIpc) is 2.48. The van der Waals surface area contributed by atoms with Crippen LogP contribution in [0.3, 0.4) is 0 Å². The minimum absolute atomic E-state index is 0.182. The smallest absolute Gasteiger partial charge is 0.255 e. The molecule has 1 N–H and O–H groups in total. The Hall–Kier alpha value is -1.76. The van der Waals surface area contributed by atoms with Crippen molar-refractivity contribution in [3.8, 4) is 11.5 Å². The van der Waals surface area contributed by atoms with E-state index in [1.807, 2.05) is 31.2 Å². The molecular formula is C16H16INO3. The van der Waals surface area contributed by atoms with Gasteiger partial charge in [-0.05, 0) is 65.9 Å². The zero-order valence-electron chi connectivity index (χ0n) is 11.9. The van der Waals surface area contributed by atoms with Crippen molar-refractivity contribution in [2.24, 2.45) is 0 Å². The molecule has 0 bridgehead atoms. The maximum Gasteiger partial charge on any atom is 0.255 e. The number of anilines is 1. The van der Waals surface area contributed by atoms with E-state index >= 15 is 0 Å². The van der Waals surface area contributed by atoms with Crippen molar-refractivity contribution < 1.29 is 14.3 Å². The molecule has 2 aromatic rings. The van der Waals surface area contributed by atoms with E-state index in [0.29, 0.717) is 23.7 Å². The third-order valence-electron chi connectivity index (χ3n) is 2.81. The van der Waals surface area contributed by atoms with Crippen LogP contribution in [-0.2, 0) is 0 Å². The molecule has 0 fully saturated rings. The Kier molecular flexibility index (Phi) is 5.44. The molecule has 0 radical (unpaired) electrons. The normalized spacial score (nSPS) is 10.0. The number of hydrogen-bond donors (Lipinski definition) is 1. The molecule has 4 nitrogen and oxygen atoms in total. The van der Waals surface area contributed by atoms with Crippen LogP contribution < -0.4 is 14.8 Å². The van der Waals surface area contributed by atoms with Crippen molar-refractivity contribution >= 4 is 34.2 Å². The third kappa shape index (κ3) is 4.10. The minimum Gasteiger partial charge on any atom is -0.493 e. The van der Waals surface area contributed by atoms with Gasteiger partial charge in [0.2, 0.25) is 0 Å². The SMILES string of the molecule is CCOc1ccc(C(=O)Nc2cccc(I)c2)cc1OC. The molecule has 0 aromatic heterocycles. The summed E-state index contributed by atoms with van der Waals surface area (Å²) in [7, 11) is 1.55. The fraction of sp³-hybridized carbons (Fsp3) is 0.188. The molecule has 21 heavy (non-hydrogen) atoms. The van der Waals surface area contributed by atoms with E-state index in [2.05, 4.69) is 27.9 Å². The summed E-state index contributed by atoms with van der Waals surface area (Å²) >= 11 is 2.20. The summed E-state index contributed by atoms with van der Waals surface area (Å²) in [6.07, 6.45) is 0. The van der Waals surface area contributed by atoms with Crippen LogP contribution in [0, 0.1) is 3.57 Å². The molecule has 0 unspecified atom stereocenters. The molecule has 5 heteroatoms. The Morgan fingerprint density at radius 3 is 2.67 bits per heavy atom. The van der Waals surface area contributed by atoms with Crippen molar-refractivity contribution in [2.45, 2.75) is 6.92 Å². The molecule has 0 atom stereocenters. The first-order valence-corrected chi connectivity index (χ1v) is 7.59. The van der Waals surface area contributed by atoms with Gasteiger partial charge in [0.05, 0.1) is 13.7 Å². The summed E-state index contributed by atoms with van der Waals surface area (Å²) in [5, 5.41) is 2.86. The van der Waals surface area contributed by atoms with E-state index in [-0.39, 0.29) is 5.91 Å². The van der Waals surface area contributed by atoms with Crippen LogP contribution >= 0.6 is 22.6 Å². The largest absolute Gasteiger partial charge is 0.493 e. The van der Waals surface area contributed by atoms with Gasteiger partial charge in [0, 0.05) is 14.8 Å². The van der Waals surface area contributed by atoms with Gasteiger partial charge in [0.1, 0.15) is 0 Å². The number of hydrogen-bond acceptors (Lipinski definition) is 3. The number of methoxy groups -OCH3 is 1. The molecule has 0 saturated heterocycles. The van der Waals surface area contributed by atoms with Crippen LogP contribution in [0.15, 0.2) is 42.5 Å². The number of carbonyl (C=O) groups excluding carboxylic acids is 1. The summed E-state index contributed by atoms with van der Waals surface area (Å²) in [5.41, 5.74) is 1.29. The molecule has 0 aliphatic heterocycles. The number of rotatable bonds is 5. The highest BCUT2D eigenvalue weighted by Gasteiger charge is 2.11. The Morgan fingerprint density at radius 2 is 2.00 bits per heavy atom. The Labute approximate surface area is 137 Å². The van der Waals surface area contributed by atoms with Gasteiger partial charge in [-0.15, -0.1) is 0 Å². The van der Waals surface area contributed by atoms with Crippen LogP contribution in [0.5, 0.6) is 11.5 Å². The predicted octanol–water partition coefficient (Wildman–Crippen LogP) is 3.95. The van der Waals surface area contributed by atoms with Gasteiger partial charge in [-0.25, -0.2) is 0 Å². The summed E-state index contributed by atoms with van der Waals surface area (Å²) < 4.78 is 11.8. The molecule has 1 amide bonds. The van der Waals surface area contributed by atoms with Crippen molar-refractivity contribution in [1.82, 2.24) is 0 Å². The van der Waals surface area contributed by atoms with Gasteiger partial charge in [-0.2, -0.15) is 0 Å². The van der Waals surface area contributed by atoms with Gasteiger partial charge in [-0.3, -0.25) is 4.79 Å². The molecule has 0 saturated carbocycles. The molecule has 0 aliphatic carbocycles. The van der Waals surface area contributed by atoms with Gasteiger partial charge in [0.15, 0.2) is 11.5 Å². The van der Waals surface area contributed by atoms with E-state index in [0.717, 1.165) is 9.26 Å². The van der Waals surface area contributed by atoms with E-state index in [1.54, 1.807) is 25.3 Å². The first kappa shape index (κ1) is 15.6. The lowest BCUT2D eigenvalue weighted by molar-refractivity contribution is 0.102. The van der Waals surface area contributed by atoms with E-state index in [1.165, 1.54) is 0 Å². The topological polar surface area (TPSA) is 47.6 Å². The third-order valence-corrected chi connectivity index (χ3v) is 3.48. The number of amides is 1. The predicted molar refractivity (Wildman–Crippen MR) is 91.3 cm³/mol. The van der Waals surface area contributed by atoms with Crippen molar-refractivity contribution in [2.75, 3.05) is 19.0 Å². The lowest BCUT2D eigenvalue weighted by Gasteiger charge is -2.11. The number of ether oxygens (including phenoxy) is 2. The fourth-order valence-corrected chi connectivity index (χ4v) is 2.40. The zero-order chi connectivity index (χ0) is 15.2. The highest BCUT2D eigenvalue weighted by atomic mass is 127. The number of benzene rings is 2. The van der Waals surface area contributed by atoms with Crippen LogP contribution in [0.1, 0.15) is 17.3 Å². The maximum absolute atomic E-state index is 12.3. The van der Waals surface area contributed by atoms with Gasteiger partial charge < -0.3 is 14.8 Å². The molecule has 2 aromatic carbocycles. The Morgan fingerprint density at radius 1 is 1.19 bits per heavy atom. The van der Waals surface area contributed by atoms with Gasteiger partial charge in [-0.1, -0.05) is 6.07 Å². The highest BCUT2D eigenvalue weighted by Crippen LogP contribution is 2.28. The number of halogens is 1. The average molecular weight is 397 g/mol. The molecule has 2 rings (SSSR count). The van der Waals surface area contributed by atoms with Crippen molar-refractivity contribution in [3.63, 3.8) is 0 Å². The lowest BCUT2D eigenvalue weighted by atomic mass is 10.2. The maximum atomic E-state index is 12.3. The van der Waals surface area contributed by atoms with Crippen LogP contribution in [0.4, 0.5) is 5.69 Å². The van der Waals surface area contributed by atoms with Gasteiger partial charge >= 0.3 is 0 Å². The summed E-state index contributed by atoms with van der Waals surface area (Å²) in [4.78, 5) is 12.3. The summed E-state index contributed by atoms with van der Waals surface area (Å²) in [6.45, 7) is 2.45. The minimum atomic E-state index is -0.182. The number of carbonyl (C=O) groups is 1. The first-order chi connectivity index (χ1) is 10.1. The van der Waals surface area contributed by atoms with E-state index < -0.39 is 0 Å². The molecule has 0 heterocycles. The second kappa shape index (κ2) is 7.31. The summed E-state index contributed by atoms with van der Waals surface area (Å²) in [6, 6.07) is 12.8. The van der Waals surface area contributed by atoms with E-state index in [9.17, 15) is 4.79 Å². The first-order valence-electron chi connectivity index (χ1n) is 6.51. The van der Waals surface area contributed by atoms with Gasteiger partial charge in [0.25, 0.3) is 5.91 Å². The Balaban J connectivity index is 2.19. The second-order valence-electron chi connectivity index (χ2n) is 4.26. The highest BCUT2D eigenvalue weighted by molar-refractivity contribution is 14.1. The van der Waals surface area contributed by atoms with E-state index in [4.69, 9.17) is 9.47 Å². The number of nitrogens with one attached hydrogen (secondary N) is 1. The van der Waals surface area contributed by atoms with Crippen molar-refractivity contribution in [3.05, 3.63) is 51.6 Å². The molecule has 0 spiro atoms. The second-order valence-corrected chi connectivity index (χ2v) is 5.51. The van der Waals surface area contributed by atoms with Crippen LogP contribution in [0.25, 0.3) is 0 Å². The lowest BCUT2D eigenvalue weighted by Crippen LogP contribution is -2.12. The van der Waals surface area contributed by atoms with Crippen molar-refractivity contribution in [1.29, 1.82) is 0 Å².